The maximum Gasteiger partial charge on any atom is 0.319 e. The topological polar surface area (TPSA) is 50.3 Å². The van der Waals surface area contributed by atoms with Crippen LogP contribution in [0.1, 0.15) is 33.1 Å². The van der Waals surface area contributed by atoms with Crippen LogP contribution in [0.2, 0.25) is 0 Å². The Labute approximate surface area is 161 Å². The first-order valence-electron chi connectivity index (χ1n) is 9.81. The Morgan fingerprint density at radius 3 is 2.56 bits per heavy atom. The first-order chi connectivity index (χ1) is 13.4. The van der Waals surface area contributed by atoms with Gasteiger partial charge in [-0.05, 0) is 41.8 Å². The molecule has 1 aliphatic heterocycles. The lowest BCUT2D eigenvalue weighted by molar-refractivity contribution is 0.0990. The summed E-state index contributed by atoms with van der Waals surface area (Å²) >= 11 is 0. The van der Waals surface area contributed by atoms with E-state index in [-0.39, 0.29) is 0 Å². The van der Waals surface area contributed by atoms with E-state index in [1.54, 1.807) is 6.20 Å². The predicted octanol–water partition coefficient (Wildman–Crippen LogP) is 5.22. The van der Waals surface area contributed by atoms with Crippen LogP contribution in [0.3, 0.4) is 0 Å². The molecule has 4 rings (SSSR count). The fourth-order valence-electron chi connectivity index (χ4n) is 3.13. The van der Waals surface area contributed by atoms with Gasteiger partial charge in [0.05, 0.1) is 0 Å². The third kappa shape index (κ3) is 5.41. The SMILES string of the molecule is CC.c1ccc2cc(Nc3ccnc(OCN4CCCCC4)n3)ccc2c1. The van der Waals surface area contributed by atoms with Gasteiger partial charge in [-0.2, -0.15) is 4.98 Å². The Kier molecular flexibility index (Phi) is 6.99. The van der Waals surface area contributed by atoms with Crippen LogP contribution < -0.4 is 10.1 Å². The number of fused-ring (bicyclic) bond motifs is 1. The Balaban J connectivity index is 0.00000102. The molecule has 27 heavy (non-hydrogen) atoms. The molecule has 0 atom stereocenters. The average Bonchev–Trinajstić information content (AvgIpc) is 2.75. The molecule has 5 heteroatoms. The summed E-state index contributed by atoms with van der Waals surface area (Å²) in [6, 6.07) is 16.8. The highest BCUT2D eigenvalue weighted by atomic mass is 16.5. The summed E-state index contributed by atoms with van der Waals surface area (Å²) in [6.45, 7) is 6.74. The maximum absolute atomic E-state index is 5.76. The normalized spacial score (nSPS) is 14.3. The Morgan fingerprint density at radius 2 is 1.74 bits per heavy atom. The number of benzene rings is 2. The molecule has 0 aliphatic carbocycles. The molecule has 1 N–H and O–H groups in total. The van der Waals surface area contributed by atoms with Gasteiger partial charge < -0.3 is 10.1 Å². The van der Waals surface area contributed by atoms with Crippen LogP contribution in [0.25, 0.3) is 10.8 Å². The molecule has 0 amide bonds. The van der Waals surface area contributed by atoms with Gasteiger partial charge in [0.15, 0.2) is 0 Å². The molecule has 0 spiro atoms. The number of hydrogen-bond donors (Lipinski definition) is 1. The molecule has 2 heterocycles. The number of anilines is 2. The minimum atomic E-state index is 0.413. The number of likely N-dealkylation sites (tertiary alicyclic amines) is 1. The van der Waals surface area contributed by atoms with E-state index in [1.165, 1.54) is 30.0 Å². The van der Waals surface area contributed by atoms with Crippen molar-refractivity contribution >= 4 is 22.3 Å². The molecule has 0 bridgehead atoms. The zero-order chi connectivity index (χ0) is 18.9. The number of piperidine rings is 1. The van der Waals surface area contributed by atoms with Crippen molar-refractivity contribution in [2.45, 2.75) is 33.1 Å². The van der Waals surface area contributed by atoms with Crippen LogP contribution in [0.4, 0.5) is 11.5 Å². The monoisotopic (exact) mass is 364 g/mol. The molecule has 0 unspecified atom stereocenters. The van der Waals surface area contributed by atoms with Crippen molar-refractivity contribution in [2.75, 3.05) is 25.1 Å². The largest absolute Gasteiger partial charge is 0.447 e. The minimum Gasteiger partial charge on any atom is -0.447 e. The van der Waals surface area contributed by atoms with Crippen LogP contribution in [-0.2, 0) is 0 Å². The fraction of sp³-hybridized carbons (Fsp3) is 0.364. The fourth-order valence-corrected chi connectivity index (χ4v) is 3.13. The summed E-state index contributed by atoms with van der Waals surface area (Å²) in [5, 5.41) is 5.75. The molecule has 1 saturated heterocycles. The third-order valence-corrected chi connectivity index (χ3v) is 4.48. The van der Waals surface area contributed by atoms with Crippen LogP contribution >= 0.6 is 0 Å². The Bertz CT molecular complexity index is 846. The van der Waals surface area contributed by atoms with Gasteiger partial charge in [-0.25, -0.2) is 4.98 Å². The quantitative estimate of drug-likeness (QED) is 0.672. The number of nitrogens with one attached hydrogen (secondary N) is 1. The van der Waals surface area contributed by atoms with Gasteiger partial charge in [0.2, 0.25) is 0 Å². The molecular weight excluding hydrogens is 336 g/mol. The van der Waals surface area contributed by atoms with E-state index in [1.807, 2.05) is 32.0 Å². The lowest BCUT2D eigenvalue weighted by Gasteiger charge is -2.25. The second-order valence-corrected chi connectivity index (χ2v) is 6.36. The zero-order valence-electron chi connectivity index (χ0n) is 16.2. The summed E-state index contributed by atoms with van der Waals surface area (Å²) < 4.78 is 5.76. The molecule has 142 valence electrons. The highest BCUT2D eigenvalue weighted by Crippen LogP contribution is 2.22. The van der Waals surface area contributed by atoms with Crippen molar-refractivity contribution < 1.29 is 4.74 Å². The molecule has 3 aromatic rings. The van der Waals surface area contributed by atoms with E-state index in [2.05, 4.69) is 50.5 Å². The van der Waals surface area contributed by atoms with E-state index in [4.69, 9.17) is 4.74 Å². The van der Waals surface area contributed by atoms with E-state index in [9.17, 15) is 0 Å². The van der Waals surface area contributed by atoms with Crippen molar-refractivity contribution in [1.29, 1.82) is 0 Å². The zero-order valence-corrected chi connectivity index (χ0v) is 16.2. The summed E-state index contributed by atoms with van der Waals surface area (Å²) in [7, 11) is 0. The lowest BCUT2D eigenvalue weighted by atomic mass is 10.1. The van der Waals surface area contributed by atoms with Crippen molar-refractivity contribution in [1.82, 2.24) is 14.9 Å². The summed E-state index contributed by atoms with van der Waals surface area (Å²) in [4.78, 5) is 11.0. The predicted molar refractivity (Wildman–Crippen MR) is 112 cm³/mol. The molecule has 1 fully saturated rings. The molecule has 2 aromatic carbocycles. The lowest BCUT2D eigenvalue weighted by Crippen LogP contribution is -2.33. The van der Waals surface area contributed by atoms with E-state index in [0.29, 0.717) is 12.7 Å². The van der Waals surface area contributed by atoms with Gasteiger partial charge >= 0.3 is 6.01 Å². The van der Waals surface area contributed by atoms with Crippen LogP contribution in [0, 0.1) is 0 Å². The molecule has 1 aromatic heterocycles. The van der Waals surface area contributed by atoms with E-state index < -0.39 is 0 Å². The number of ether oxygens (including phenoxy) is 1. The molecule has 0 radical (unpaired) electrons. The summed E-state index contributed by atoms with van der Waals surface area (Å²) in [6.07, 6.45) is 5.53. The van der Waals surface area contributed by atoms with Gasteiger partial charge in [0.25, 0.3) is 0 Å². The number of nitrogens with zero attached hydrogens (tertiary/aromatic N) is 3. The number of rotatable bonds is 5. The molecule has 0 saturated carbocycles. The van der Waals surface area contributed by atoms with Gasteiger partial charge in [-0.1, -0.05) is 50.6 Å². The first-order valence-corrected chi connectivity index (χ1v) is 9.81. The van der Waals surface area contributed by atoms with Crippen LogP contribution in [0.5, 0.6) is 6.01 Å². The third-order valence-electron chi connectivity index (χ3n) is 4.48. The standard InChI is InChI=1S/C20H22N4O.C2H6/c1-4-12-24(13-5-1)15-25-20-21-11-10-19(23-20)22-18-9-8-16-6-2-3-7-17(16)14-18;1-2/h2-3,6-11,14H,1,4-5,12-13,15H2,(H,21,22,23);1-2H3. The van der Waals surface area contributed by atoms with Gasteiger partial charge in [-0.3, -0.25) is 4.90 Å². The second kappa shape index (κ2) is 9.88. The van der Waals surface area contributed by atoms with Crippen LogP contribution in [-0.4, -0.2) is 34.7 Å². The van der Waals surface area contributed by atoms with Crippen molar-refractivity contribution in [3.63, 3.8) is 0 Å². The smallest absolute Gasteiger partial charge is 0.319 e. The maximum atomic E-state index is 5.76. The Morgan fingerprint density at radius 1 is 0.963 bits per heavy atom. The van der Waals surface area contributed by atoms with Gasteiger partial charge in [0.1, 0.15) is 12.5 Å². The van der Waals surface area contributed by atoms with Crippen molar-refractivity contribution in [3.8, 4) is 6.01 Å². The number of hydrogen-bond acceptors (Lipinski definition) is 5. The average molecular weight is 364 g/mol. The highest BCUT2D eigenvalue weighted by molar-refractivity contribution is 5.86. The first kappa shape index (κ1) is 19.1. The molecule has 5 nitrogen and oxygen atoms in total. The van der Waals surface area contributed by atoms with Gasteiger partial charge in [0, 0.05) is 25.0 Å². The summed E-state index contributed by atoms with van der Waals surface area (Å²) in [5.74, 6) is 0.735. The summed E-state index contributed by atoms with van der Waals surface area (Å²) in [5.41, 5.74) is 0.999. The van der Waals surface area contributed by atoms with Crippen molar-refractivity contribution in [2.24, 2.45) is 0 Å². The van der Waals surface area contributed by atoms with Crippen molar-refractivity contribution in [3.05, 3.63) is 54.7 Å². The molecule has 1 aliphatic rings. The van der Waals surface area contributed by atoms with Crippen LogP contribution in [0.15, 0.2) is 54.7 Å². The van der Waals surface area contributed by atoms with Gasteiger partial charge in [-0.15, -0.1) is 0 Å². The Hall–Kier alpha value is -2.66. The molecular formula is C22H28N4O. The van der Waals surface area contributed by atoms with E-state index in [0.717, 1.165) is 24.6 Å². The second-order valence-electron chi connectivity index (χ2n) is 6.36. The number of aromatic nitrogens is 2. The highest BCUT2D eigenvalue weighted by Gasteiger charge is 2.11. The minimum absolute atomic E-state index is 0.413. The van der Waals surface area contributed by atoms with E-state index >= 15 is 0 Å².